The van der Waals surface area contributed by atoms with Gasteiger partial charge >= 0.3 is 0 Å². The highest BCUT2D eigenvalue weighted by Gasteiger charge is 2.44. The van der Waals surface area contributed by atoms with Crippen LogP contribution in [0.5, 0.6) is 0 Å². The van der Waals surface area contributed by atoms with Gasteiger partial charge in [0.25, 0.3) is 0 Å². The number of aromatic nitrogens is 1. The Hall–Kier alpha value is -0.930. The first-order chi connectivity index (χ1) is 9.99. The topological polar surface area (TPSA) is 28.2 Å². The SMILES string of the molecule is CC(C)(C)C1CNC2(CCCC2)CN1Cc1ccccn1. The van der Waals surface area contributed by atoms with Crippen LogP contribution in [0.15, 0.2) is 24.4 Å². The number of nitrogens with zero attached hydrogens (tertiary/aromatic N) is 2. The second-order valence-electron chi connectivity index (χ2n) is 7.98. The van der Waals surface area contributed by atoms with Gasteiger partial charge in [0.1, 0.15) is 0 Å². The van der Waals surface area contributed by atoms with E-state index in [-0.39, 0.29) is 0 Å². The molecule has 0 bridgehead atoms. The van der Waals surface area contributed by atoms with E-state index in [1.807, 2.05) is 12.3 Å². The van der Waals surface area contributed by atoms with Gasteiger partial charge in [0.2, 0.25) is 0 Å². The zero-order valence-corrected chi connectivity index (χ0v) is 13.7. The van der Waals surface area contributed by atoms with Crippen molar-refractivity contribution in [2.24, 2.45) is 5.41 Å². The van der Waals surface area contributed by atoms with Crippen molar-refractivity contribution in [3.8, 4) is 0 Å². The third kappa shape index (κ3) is 3.29. The summed E-state index contributed by atoms with van der Waals surface area (Å²) in [4.78, 5) is 7.23. The summed E-state index contributed by atoms with van der Waals surface area (Å²) in [6.45, 7) is 10.3. The molecule has 3 rings (SSSR count). The van der Waals surface area contributed by atoms with Gasteiger partial charge in [-0.15, -0.1) is 0 Å². The van der Waals surface area contributed by atoms with Crippen LogP contribution in [0.1, 0.15) is 52.1 Å². The first kappa shape index (κ1) is 15.0. The summed E-state index contributed by atoms with van der Waals surface area (Å²) >= 11 is 0. The molecule has 1 saturated heterocycles. The van der Waals surface area contributed by atoms with Gasteiger partial charge in [-0.05, 0) is 30.4 Å². The highest BCUT2D eigenvalue weighted by molar-refractivity contribution is 5.08. The molecule has 1 aromatic rings. The van der Waals surface area contributed by atoms with Gasteiger partial charge in [-0.2, -0.15) is 0 Å². The van der Waals surface area contributed by atoms with Gasteiger partial charge in [-0.1, -0.05) is 39.7 Å². The Bertz CT molecular complexity index is 457. The van der Waals surface area contributed by atoms with Gasteiger partial charge < -0.3 is 5.32 Å². The summed E-state index contributed by atoms with van der Waals surface area (Å²) in [6, 6.07) is 6.83. The number of hydrogen-bond acceptors (Lipinski definition) is 3. The van der Waals surface area contributed by atoms with Gasteiger partial charge in [0.05, 0.1) is 5.69 Å². The Labute approximate surface area is 129 Å². The van der Waals surface area contributed by atoms with E-state index in [0.717, 1.165) is 13.1 Å². The molecule has 1 saturated carbocycles. The van der Waals surface area contributed by atoms with E-state index in [9.17, 15) is 0 Å². The first-order valence-corrected chi connectivity index (χ1v) is 8.38. The van der Waals surface area contributed by atoms with Crippen molar-refractivity contribution < 1.29 is 0 Å². The summed E-state index contributed by atoms with van der Waals surface area (Å²) in [6.07, 6.45) is 7.34. The van der Waals surface area contributed by atoms with Gasteiger partial charge in [0.15, 0.2) is 0 Å². The Morgan fingerprint density at radius 3 is 2.67 bits per heavy atom. The number of pyridine rings is 1. The quantitative estimate of drug-likeness (QED) is 0.905. The maximum atomic E-state index is 4.54. The fourth-order valence-corrected chi connectivity index (χ4v) is 4.10. The lowest BCUT2D eigenvalue weighted by Crippen LogP contribution is -2.65. The molecule has 0 aromatic carbocycles. The largest absolute Gasteiger partial charge is 0.308 e. The lowest BCUT2D eigenvalue weighted by Gasteiger charge is -2.50. The van der Waals surface area contributed by atoms with Crippen LogP contribution in [-0.4, -0.2) is 34.6 Å². The highest BCUT2D eigenvalue weighted by atomic mass is 15.3. The van der Waals surface area contributed by atoms with E-state index in [1.54, 1.807) is 0 Å². The molecule has 1 unspecified atom stereocenters. The molecule has 0 amide bonds. The Kier molecular flexibility index (Phi) is 4.06. The van der Waals surface area contributed by atoms with E-state index in [1.165, 1.54) is 37.9 Å². The smallest absolute Gasteiger partial charge is 0.0544 e. The average Bonchev–Trinajstić information content (AvgIpc) is 2.87. The van der Waals surface area contributed by atoms with Crippen LogP contribution in [0.2, 0.25) is 0 Å². The fourth-order valence-electron chi connectivity index (χ4n) is 4.10. The zero-order chi connectivity index (χ0) is 14.9. The first-order valence-electron chi connectivity index (χ1n) is 8.38. The molecule has 3 nitrogen and oxygen atoms in total. The Morgan fingerprint density at radius 2 is 2.05 bits per heavy atom. The van der Waals surface area contributed by atoms with Crippen molar-refractivity contribution in [1.82, 2.24) is 15.2 Å². The molecule has 21 heavy (non-hydrogen) atoms. The Balaban J connectivity index is 1.79. The maximum absolute atomic E-state index is 4.54. The Morgan fingerprint density at radius 1 is 1.29 bits per heavy atom. The van der Waals surface area contributed by atoms with Gasteiger partial charge in [0, 0.05) is 37.4 Å². The summed E-state index contributed by atoms with van der Waals surface area (Å²) in [5, 5.41) is 3.90. The molecule has 1 atom stereocenters. The standard InChI is InChI=1S/C18H29N3/c1-17(2,3)16-12-20-18(9-5-6-10-18)14-21(16)13-15-8-4-7-11-19-15/h4,7-8,11,16,20H,5-6,9-10,12-14H2,1-3H3. The molecule has 2 fully saturated rings. The summed E-state index contributed by atoms with van der Waals surface area (Å²) in [5.41, 5.74) is 1.86. The van der Waals surface area contributed by atoms with Crippen LogP contribution in [0, 0.1) is 5.41 Å². The minimum Gasteiger partial charge on any atom is -0.308 e. The highest BCUT2D eigenvalue weighted by Crippen LogP contribution is 2.37. The van der Waals surface area contributed by atoms with Crippen LogP contribution < -0.4 is 5.32 Å². The fraction of sp³-hybridized carbons (Fsp3) is 0.722. The van der Waals surface area contributed by atoms with Gasteiger partial charge in [-0.3, -0.25) is 9.88 Å². The predicted molar refractivity (Wildman–Crippen MR) is 87.1 cm³/mol. The molecule has 1 aliphatic carbocycles. The molecule has 3 heteroatoms. The van der Waals surface area contributed by atoms with Crippen LogP contribution in [0.4, 0.5) is 0 Å². The maximum Gasteiger partial charge on any atom is 0.0544 e. The normalized spacial score (nSPS) is 26.3. The van der Waals surface area contributed by atoms with Crippen molar-refractivity contribution in [2.45, 2.75) is 64.6 Å². The van der Waals surface area contributed by atoms with Crippen molar-refractivity contribution in [3.63, 3.8) is 0 Å². The molecule has 1 aliphatic heterocycles. The van der Waals surface area contributed by atoms with E-state index < -0.39 is 0 Å². The number of piperazine rings is 1. The molecule has 1 N–H and O–H groups in total. The molecular formula is C18H29N3. The predicted octanol–water partition coefficient (Wildman–Crippen LogP) is 3.21. The molecule has 116 valence electrons. The summed E-state index contributed by atoms with van der Waals surface area (Å²) in [7, 11) is 0. The molecule has 2 aliphatic rings. The van der Waals surface area contributed by atoms with Crippen LogP contribution in [-0.2, 0) is 6.54 Å². The summed E-state index contributed by atoms with van der Waals surface area (Å²) in [5.74, 6) is 0. The van der Waals surface area contributed by atoms with Crippen LogP contribution in [0.25, 0.3) is 0 Å². The van der Waals surface area contributed by atoms with Crippen LogP contribution >= 0.6 is 0 Å². The third-order valence-corrected chi connectivity index (χ3v) is 5.27. The van der Waals surface area contributed by atoms with E-state index in [2.05, 4.69) is 48.1 Å². The lowest BCUT2D eigenvalue weighted by atomic mass is 9.81. The number of hydrogen-bond donors (Lipinski definition) is 1. The zero-order valence-electron chi connectivity index (χ0n) is 13.7. The van der Waals surface area contributed by atoms with Gasteiger partial charge in [-0.25, -0.2) is 0 Å². The second-order valence-corrected chi connectivity index (χ2v) is 7.98. The lowest BCUT2D eigenvalue weighted by molar-refractivity contribution is 0.0171. The summed E-state index contributed by atoms with van der Waals surface area (Å²) < 4.78 is 0. The molecular weight excluding hydrogens is 258 g/mol. The minimum absolute atomic E-state index is 0.294. The van der Waals surface area contributed by atoms with Crippen LogP contribution in [0.3, 0.4) is 0 Å². The molecule has 1 aromatic heterocycles. The van der Waals surface area contributed by atoms with E-state index >= 15 is 0 Å². The number of nitrogens with one attached hydrogen (secondary N) is 1. The van der Waals surface area contributed by atoms with E-state index in [4.69, 9.17) is 0 Å². The van der Waals surface area contributed by atoms with E-state index in [0.29, 0.717) is 17.0 Å². The number of rotatable bonds is 2. The van der Waals surface area contributed by atoms with Crippen molar-refractivity contribution >= 4 is 0 Å². The molecule has 1 spiro atoms. The second kappa shape index (κ2) is 5.69. The molecule has 2 heterocycles. The molecule has 0 radical (unpaired) electrons. The third-order valence-electron chi connectivity index (χ3n) is 5.27. The average molecular weight is 287 g/mol. The van der Waals surface area contributed by atoms with Crippen molar-refractivity contribution in [1.29, 1.82) is 0 Å². The monoisotopic (exact) mass is 287 g/mol. The van der Waals surface area contributed by atoms with Crippen molar-refractivity contribution in [2.75, 3.05) is 13.1 Å². The van der Waals surface area contributed by atoms with Crippen molar-refractivity contribution in [3.05, 3.63) is 30.1 Å². The minimum atomic E-state index is 0.294.